The summed E-state index contributed by atoms with van der Waals surface area (Å²) in [6, 6.07) is 12.7. The minimum atomic E-state index is -0.147. The first-order valence-electron chi connectivity index (χ1n) is 7.69. The fraction of sp³-hybridized carbons (Fsp3) is 0.278. The van der Waals surface area contributed by atoms with Crippen LogP contribution in [0.4, 0.5) is 5.69 Å². The summed E-state index contributed by atoms with van der Waals surface area (Å²) in [4.78, 5) is 11.9. The molecule has 0 unspecified atom stereocenters. The first-order chi connectivity index (χ1) is 11.6. The molecule has 0 bridgehead atoms. The minimum Gasteiger partial charge on any atom is -0.496 e. The maximum atomic E-state index is 11.9. The largest absolute Gasteiger partial charge is 0.496 e. The number of nitrogens with one attached hydrogen (secondary N) is 2. The Morgan fingerprint density at radius 1 is 1.21 bits per heavy atom. The average Bonchev–Trinajstić information content (AvgIpc) is 2.60. The number of benzene rings is 2. The maximum absolute atomic E-state index is 11.9. The molecule has 0 aliphatic heterocycles. The fourth-order valence-electron chi connectivity index (χ4n) is 2.21. The number of hydrogen-bond donors (Lipinski definition) is 3. The van der Waals surface area contributed by atoms with Crippen LogP contribution in [0.25, 0.3) is 0 Å². The molecule has 0 fully saturated rings. The number of anilines is 1. The molecule has 2 rings (SSSR count). The summed E-state index contributed by atoms with van der Waals surface area (Å²) in [7, 11) is 1.62. The second kappa shape index (κ2) is 9.15. The van der Waals surface area contributed by atoms with Crippen LogP contribution in [0, 0.1) is 0 Å². The highest BCUT2D eigenvalue weighted by molar-refractivity contribution is 6.30. The van der Waals surface area contributed by atoms with Gasteiger partial charge in [0, 0.05) is 41.5 Å². The number of halogens is 1. The van der Waals surface area contributed by atoms with Crippen molar-refractivity contribution in [3.63, 3.8) is 0 Å². The summed E-state index contributed by atoms with van der Waals surface area (Å²) in [5.74, 6) is 0.623. The highest BCUT2D eigenvalue weighted by atomic mass is 35.5. The molecule has 0 spiro atoms. The average molecular weight is 349 g/mol. The number of aliphatic hydroxyl groups excluding tert-OH is 1. The highest BCUT2D eigenvalue weighted by Crippen LogP contribution is 2.23. The third kappa shape index (κ3) is 5.15. The summed E-state index contributed by atoms with van der Waals surface area (Å²) in [5.41, 5.74) is 2.43. The number of amides is 1. The molecule has 0 aliphatic rings. The Morgan fingerprint density at radius 3 is 2.62 bits per heavy atom. The van der Waals surface area contributed by atoms with Crippen molar-refractivity contribution in [2.24, 2.45) is 0 Å². The summed E-state index contributed by atoms with van der Waals surface area (Å²) >= 11 is 6.02. The van der Waals surface area contributed by atoms with Gasteiger partial charge in [-0.15, -0.1) is 0 Å². The molecular weight excluding hydrogens is 328 g/mol. The van der Waals surface area contributed by atoms with E-state index in [2.05, 4.69) is 10.6 Å². The third-order valence-corrected chi connectivity index (χ3v) is 3.73. The molecule has 6 heteroatoms. The number of carbonyl (C=O) groups is 1. The van der Waals surface area contributed by atoms with Crippen LogP contribution in [0.15, 0.2) is 42.5 Å². The molecule has 24 heavy (non-hydrogen) atoms. The Balaban J connectivity index is 1.95. The zero-order chi connectivity index (χ0) is 17.4. The van der Waals surface area contributed by atoms with Crippen LogP contribution in [0.3, 0.4) is 0 Å². The van der Waals surface area contributed by atoms with E-state index in [-0.39, 0.29) is 12.5 Å². The second-order valence-electron chi connectivity index (χ2n) is 5.22. The van der Waals surface area contributed by atoms with Gasteiger partial charge in [0.05, 0.1) is 7.11 Å². The van der Waals surface area contributed by atoms with Crippen LogP contribution in [0.2, 0.25) is 5.02 Å². The lowest BCUT2D eigenvalue weighted by Crippen LogP contribution is -2.24. The summed E-state index contributed by atoms with van der Waals surface area (Å²) in [5, 5.41) is 15.4. The lowest BCUT2D eigenvalue weighted by atomic mass is 10.1. The Kier molecular flexibility index (Phi) is 6.90. The van der Waals surface area contributed by atoms with E-state index in [1.54, 1.807) is 25.3 Å². The SMILES string of the molecule is COc1ccc(Cl)cc1CNc1ccc(C(=O)NCCCO)cc1. The van der Waals surface area contributed by atoms with E-state index < -0.39 is 0 Å². The molecule has 0 aromatic heterocycles. The van der Waals surface area contributed by atoms with Gasteiger partial charge in [-0.1, -0.05) is 11.6 Å². The van der Waals surface area contributed by atoms with Gasteiger partial charge in [-0.05, 0) is 48.9 Å². The van der Waals surface area contributed by atoms with Gasteiger partial charge in [0.2, 0.25) is 0 Å². The van der Waals surface area contributed by atoms with Gasteiger partial charge in [-0.25, -0.2) is 0 Å². The first-order valence-corrected chi connectivity index (χ1v) is 8.07. The van der Waals surface area contributed by atoms with Crippen molar-refractivity contribution in [3.8, 4) is 5.75 Å². The fourth-order valence-corrected chi connectivity index (χ4v) is 2.40. The Bertz CT molecular complexity index is 674. The topological polar surface area (TPSA) is 70.6 Å². The molecule has 2 aromatic carbocycles. The van der Waals surface area contributed by atoms with Crippen LogP contribution < -0.4 is 15.4 Å². The van der Waals surface area contributed by atoms with Gasteiger partial charge in [0.15, 0.2) is 0 Å². The van der Waals surface area contributed by atoms with Crippen molar-refractivity contribution in [1.29, 1.82) is 0 Å². The number of aliphatic hydroxyl groups is 1. The van der Waals surface area contributed by atoms with Gasteiger partial charge in [0.1, 0.15) is 5.75 Å². The van der Waals surface area contributed by atoms with Crippen molar-refractivity contribution in [2.45, 2.75) is 13.0 Å². The number of ether oxygens (including phenoxy) is 1. The van der Waals surface area contributed by atoms with Crippen molar-refractivity contribution < 1.29 is 14.6 Å². The van der Waals surface area contributed by atoms with Crippen molar-refractivity contribution in [3.05, 3.63) is 58.6 Å². The Morgan fingerprint density at radius 2 is 1.96 bits per heavy atom. The van der Waals surface area contributed by atoms with E-state index in [0.717, 1.165) is 17.0 Å². The number of methoxy groups -OCH3 is 1. The lowest BCUT2D eigenvalue weighted by Gasteiger charge is -2.11. The van der Waals surface area contributed by atoms with E-state index >= 15 is 0 Å². The number of rotatable bonds is 8. The quantitative estimate of drug-likeness (QED) is 0.641. The molecule has 3 N–H and O–H groups in total. The third-order valence-electron chi connectivity index (χ3n) is 3.49. The number of hydrogen-bond acceptors (Lipinski definition) is 4. The predicted molar refractivity (Wildman–Crippen MR) is 95.8 cm³/mol. The van der Waals surface area contributed by atoms with Crippen molar-refractivity contribution in [2.75, 3.05) is 25.6 Å². The molecule has 0 saturated carbocycles. The van der Waals surface area contributed by atoms with Crippen LogP contribution in [-0.4, -0.2) is 31.3 Å². The molecule has 0 heterocycles. The van der Waals surface area contributed by atoms with Gasteiger partial charge < -0.3 is 20.5 Å². The molecule has 0 radical (unpaired) electrons. The second-order valence-corrected chi connectivity index (χ2v) is 5.66. The van der Waals surface area contributed by atoms with E-state index in [4.69, 9.17) is 21.4 Å². The maximum Gasteiger partial charge on any atom is 0.251 e. The normalized spacial score (nSPS) is 10.3. The predicted octanol–water partition coefficient (Wildman–Crippen LogP) is 3.07. The van der Waals surface area contributed by atoms with E-state index in [1.807, 2.05) is 24.3 Å². The van der Waals surface area contributed by atoms with E-state index in [9.17, 15) is 4.79 Å². The summed E-state index contributed by atoms with van der Waals surface area (Å²) in [6.45, 7) is 1.09. The van der Waals surface area contributed by atoms with Gasteiger partial charge in [-0.3, -0.25) is 4.79 Å². The molecule has 1 amide bonds. The van der Waals surface area contributed by atoms with Gasteiger partial charge >= 0.3 is 0 Å². The molecular formula is C18H21ClN2O3. The van der Waals surface area contributed by atoms with Gasteiger partial charge in [0.25, 0.3) is 5.91 Å². The monoisotopic (exact) mass is 348 g/mol. The molecule has 128 valence electrons. The molecule has 0 atom stereocenters. The number of carbonyl (C=O) groups excluding carboxylic acids is 1. The van der Waals surface area contributed by atoms with E-state index in [0.29, 0.717) is 30.1 Å². The smallest absolute Gasteiger partial charge is 0.251 e. The minimum absolute atomic E-state index is 0.0656. The zero-order valence-electron chi connectivity index (χ0n) is 13.5. The van der Waals surface area contributed by atoms with Crippen LogP contribution >= 0.6 is 11.6 Å². The lowest BCUT2D eigenvalue weighted by molar-refractivity contribution is 0.0951. The van der Waals surface area contributed by atoms with Crippen molar-refractivity contribution in [1.82, 2.24) is 5.32 Å². The Hall–Kier alpha value is -2.24. The van der Waals surface area contributed by atoms with Gasteiger partial charge in [-0.2, -0.15) is 0 Å². The van der Waals surface area contributed by atoms with E-state index in [1.165, 1.54) is 0 Å². The first kappa shape index (κ1) is 18.1. The standard InChI is InChI=1S/C18H21ClN2O3/c1-24-17-8-5-15(19)11-14(17)12-21-16-6-3-13(4-7-16)18(23)20-9-2-10-22/h3-8,11,21-22H,2,9-10,12H2,1H3,(H,20,23). The van der Waals surface area contributed by atoms with Crippen LogP contribution in [0.5, 0.6) is 5.75 Å². The summed E-state index contributed by atoms with van der Waals surface area (Å²) < 4.78 is 5.32. The van der Waals surface area contributed by atoms with Crippen molar-refractivity contribution >= 4 is 23.2 Å². The molecule has 2 aromatic rings. The molecule has 0 aliphatic carbocycles. The van der Waals surface area contributed by atoms with Crippen LogP contribution in [0.1, 0.15) is 22.3 Å². The molecule has 5 nitrogen and oxygen atoms in total. The molecule has 0 saturated heterocycles. The van der Waals surface area contributed by atoms with Crippen LogP contribution in [-0.2, 0) is 6.54 Å². The summed E-state index contributed by atoms with van der Waals surface area (Å²) in [6.07, 6.45) is 0.548. The Labute approximate surface area is 146 Å². The zero-order valence-corrected chi connectivity index (χ0v) is 14.3. The highest BCUT2D eigenvalue weighted by Gasteiger charge is 2.06.